The van der Waals surface area contributed by atoms with Crippen molar-refractivity contribution in [2.75, 3.05) is 19.7 Å². The smallest absolute Gasteiger partial charge is 0.412 e. The summed E-state index contributed by atoms with van der Waals surface area (Å²) in [6.45, 7) is 7.72. The van der Waals surface area contributed by atoms with Crippen LogP contribution in [0.5, 0.6) is 0 Å². The molecule has 10 nitrogen and oxygen atoms in total. The molecule has 3 N–H and O–H groups in total. The number of carbonyl (C=O) groups excluding carboxylic acids is 3. The summed E-state index contributed by atoms with van der Waals surface area (Å²) in [5.41, 5.74) is 3.27. The number of nitrogens with one attached hydrogen (secondary N) is 2. The fraction of sp³-hybridized carbons (Fsp3) is 0.467. The molecule has 0 spiro atoms. The van der Waals surface area contributed by atoms with E-state index in [0.29, 0.717) is 19.6 Å². The van der Waals surface area contributed by atoms with Gasteiger partial charge in [-0.25, -0.2) is 4.79 Å². The molecule has 3 rings (SSSR count). The van der Waals surface area contributed by atoms with Gasteiger partial charge >= 0.3 is 12.1 Å². The summed E-state index contributed by atoms with van der Waals surface area (Å²) in [4.78, 5) is 51.0. The van der Waals surface area contributed by atoms with Crippen LogP contribution in [0.4, 0.5) is 4.79 Å². The highest BCUT2D eigenvalue weighted by molar-refractivity contribution is 5.89. The second-order valence-electron chi connectivity index (χ2n) is 10.9. The standard InChI is InChI=1S/C30H39N3O7/c1-20-9-11-22(12-10-20)23-8-5-7-21(17-23)18-24(28(37)31-19-27(35)36)32-25(34)13-14-26-33(15-6-16-39-26)29(38)40-30(2,3)4/h5,7-12,17,24,26H,6,13-16,18-19H2,1-4H3,(H,31,37)(H,32,34)(H,35,36)/t24-,26?/m0/s1. The summed E-state index contributed by atoms with van der Waals surface area (Å²) in [7, 11) is 0. The number of ether oxygens (including phenoxy) is 2. The quantitative estimate of drug-likeness (QED) is 0.409. The van der Waals surface area contributed by atoms with Crippen LogP contribution in [0.1, 0.15) is 51.2 Å². The number of aliphatic carboxylic acids is 1. The van der Waals surface area contributed by atoms with Crippen LogP contribution < -0.4 is 10.6 Å². The van der Waals surface area contributed by atoms with Gasteiger partial charge in [-0.3, -0.25) is 19.3 Å². The first-order chi connectivity index (χ1) is 18.9. The molecule has 216 valence electrons. The van der Waals surface area contributed by atoms with E-state index in [4.69, 9.17) is 14.6 Å². The van der Waals surface area contributed by atoms with Gasteiger partial charge in [-0.15, -0.1) is 0 Å². The third-order valence-corrected chi connectivity index (χ3v) is 6.26. The number of amides is 3. The van der Waals surface area contributed by atoms with Crippen molar-refractivity contribution in [3.05, 3.63) is 59.7 Å². The van der Waals surface area contributed by atoms with Crippen molar-refractivity contribution in [3.8, 4) is 11.1 Å². The lowest BCUT2D eigenvalue weighted by Crippen LogP contribution is -2.50. The molecule has 10 heteroatoms. The molecule has 1 saturated heterocycles. The molecule has 1 fully saturated rings. The van der Waals surface area contributed by atoms with Gasteiger partial charge in [0.15, 0.2) is 0 Å². The number of nitrogens with zero attached hydrogens (tertiary/aromatic N) is 1. The Morgan fingerprint density at radius 1 is 1.10 bits per heavy atom. The predicted molar refractivity (Wildman–Crippen MR) is 149 cm³/mol. The number of hydrogen-bond donors (Lipinski definition) is 3. The van der Waals surface area contributed by atoms with Crippen molar-refractivity contribution in [3.63, 3.8) is 0 Å². The Kier molecular flexibility index (Phi) is 10.7. The number of aryl methyl sites for hydroxylation is 1. The minimum atomic E-state index is -1.18. The Balaban J connectivity index is 1.68. The lowest BCUT2D eigenvalue weighted by molar-refractivity contribution is -0.138. The Bertz CT molecular complexity index is 1190. The van der Waals surface area contributed by atoms with E-state index in [1.807, 2.05) is 55.5 Å². The van der Waals surface area contributed by atoms with E-state index in [9.17, 15) is 19.2 Å². The maximum Gasteiger partial charge on any atom is 0.412 e. The molecule has 1 aliphatic rings. The number of carboxylic acid groups (broad SMARTS) is 1. The first kappa shape index (κ1) is 30.6. The van der Waals surface area contributed by atoms with E-state index in [0.717, 1.165) is 22.3 Å². The van der Waals surface area contributed by atoms with Crippen LogP contribution in [-0.2, 0) is 30.3 Å². The molecule has 2 aromatic carbocycles. The molecule has 3 amide bonds. The first-order valence-corrected chi connectivity index (χ1v) is 13.5. The van der Waals surface area contributed by atoms with Crippen molar-refractivity contribution in [2.45, 2.75) is 71.2 Å². The van der Waals surface area contributed by atoms with E-state index >= 15 is 0 Å². The fourth-order valence-corrected chi connectivity index (χ4v) is 4.33. The van der Waals surface area contributed by atoms with Crippen molar-refractivity contribution < 1.29 is 33.8 Å². The van der Waals surface area contributed by atoms with Crippen molar-refractivity contribution in [1.29, 1.82) is 0 Å². The van der Waals surface area contributed by atoms with Gasteiger partial charge < -0.3 is 25.2 Å². The monoisotopic (exact) mass is 553 g/mol. The molecule has 2 atom stereocenters. The van der Waals surface area contributed by atoms with E-state index in [1.54, 1.807) is 20.8 Å². The molecule has 0 aliphatic carbocycles. The second-order valence-corrected chi connectivity index (χ2v) is 10.9. The molecular formula is C30H39N3O7. The molecule has 1 heterocycles. The highest BCUT2D eigenvalue weighted by Crippen LogP contribution is 2.22. The van der Waals surface area contributed by atoms with Crippen LogP contribution in [0.15, 0.2) is 48.5 Å². The van der Waals surface area contributed by atoms with Gasteiger partial charge in [0.2, 0.25) is 11.8 Å². The zero-order valence-electron chi connectivity index (χ0n) is 23.6. The van der Waals surface area contributed by atoms with E-state index in [2.05, 4.69) is 10.6 Å². The largest absolute Gasteiger partial charge is 0.480 e. The van der Waals surface area contributed by atoms with Gasteiger partial charge in [-0.05, 0) is 50.8 Å². The summed E-state index contributed by atoms with van der Waals surface area (Å²) >= 11 is 0. The molecule has 0 radical (unpaired) electrons. The number of rotatable bonds is 10. The maximum absolute atomic E-state index is 13.0. The van der Waals surface area contributed by atoms with Crippen LogP contribution in [0, 0.1) is 6.92 Å². The fourth-order valence-electron chi connectivity index (χ4n) is 4.33. The maximum atomic E-state index is 13.0. The zero-order chi connectivity index (χ0) is 29.3. The highest BCUT2D eigenvalue weighted by atomic mass is 16.6. The van der Waals surface area contributed by atoms with Gasteiger partial charge in [0.25, 0.3) is 0 Å². The van der Waals surface area contributed by atoms with Crippen molar-refractivity contribution in [1.82, 2.24) is 15.5 Å². The van der Waals surface area contributed by atoms with E-state index < -0.39 is 48.3 Å². The van der Waals surface area contributed by atoms with Gasteiger partial charge in [-0.2, -0.15) is 0 Å². The predicted octanol–water partition coefficient (Wildman–Crippen LogP) is 3.65. The van der Waals surface area contributed by atoms with Crippen molar-refractivity contribution >= 4 is 23.9 Å². The Morgan fingerprint density at radius 3 is 2.50 bits per heavy atom. The zero-order valence-corrected chi connectivity index (χ0v) is 23.6. The number of benzene rings is 2. The normalized spacial score (nSPS) is 16.1. The third-order valence-electron chi connectivity index (χ3n) is 6.26. The van der Waals surface area contributed by atoms with Crippen LogP contribution in [-0.4, -0.2) is 71.5 Å². The molecule has 1 aliphatic heterocycles. The highest BCUT2D eigenvalue weighted by Gasteiger charge is 2.32. The summed E-state index contributed by atoms with van der Waals surface area (Å²) in [6, 6.07) is 14.7. The van der Waals surface area contributed by atoms with Crippen LogP contribution in [0.3, 0.4) is 0 Å². The number of hydrogen-bond acceptors (Lipinski definition) is 6. The Morgan fingerprint density at radius 2 is 1.82 bits per heavy atom. The molecule has 2 aromatic rings. The average molecular weight is 554 g/mol. The average Bonchev–Trinajstić information content (AvgIpc) is 2.90. The van der Waals surface area contributed by atoms with Gasteiger partial charge in [-0.1, -0.05) is 54.1 Å². The lowest BCUT2D eigenvalue weighted by atomic mass is 9.98. The van der Waals surface area contributed by atoms with Crippen molar-refractivity contribution in [2.24, 2.45) is 0 Å². The van der Waals surface area contributed by atoms with E-state index in [1.165, 1.54) is 4.90 Å². The first-order valence-electron chi connectivity index (χ1n) is 13.5. The minimum absolute atomic E-state index is 0.00389. The van der Waals surface area contributed by atoms with Crippen LogP contribution in [0.2, 0.25) is 0 Å². The summed E-state index contributed by atoms with van der Waals surface area (Å²) < 4.78 is 11.2. The summed E-state index contributed by atoms with van der Waals surface area (Å²) in [5, 5.41) is 14.1. The molecule has 0 saturated carbocycles. The second kappa shape index (κ2) is 13.9. The SMILES string of the molecule is Cc1ccc(-c2cccc(C[C@H](NC(=O)CCC3OCCCN3C(=O)OC(C)(C)C)C(=O)NCC(=O)O)c2)cc1. The third kappa shape index (κ3) is 9.68. The molecule has 40 heavy (non-hydrogen) atoms. The summed E-state index contributed by atoms with van der Waals surface area (Å²) in [6.07, 6.45) is -0.0825. The molecule has 0 aromatic heterocycles. The Labute approximate surface area is 235 Å². The topological polar surface area (TPSA) is 134 Å². The number of carboxylic acids is 1. The van der Waals surface area contributed by atoms with Gasteiger partial charge in [0.05, 0.1) is 6.61 Å². The van der Waals surface area contributed by atoms with Crippen LogP contribution >= 0.6 is 0 Å². The van der Waals surface area contributed by atoms with E-state index in [-0.39, 0.29) is 19.3 Å². The molecular weight excluding hydrogens is 514 g/mol. The number of carbonyl (C=O) groups is 4. The summed E-state index contributed by atoms with van der Waals surface area (Å²) in [5.74, 6) is -2.19. The van der Waals surface area contributed by atoms with Crippen LogP contribution in [0.25, 0.3) is 11.1 Å². The van der Waals surface area contributed by atoms with Gasteiger partial charge in [0.1, 0.15) is 24.4 Å². The minimum Gasteiger partial charge on any atom is -0.480 e. The van der Waals surface area contributed by atoms with Gasteiger partial charge in [0, 0.05) is 25.8 Å². The lowest BCUT2D eigenvalue weighted by Gasteiger charge is -2.36. The molecule has 1 unspecified atom stereocenters. The Hall–Kier alpha value is -3.92. The molecule has 0 bridgehead atoms.